The third-order valence-electron chi connectivity index (χ3n) is 3.77. The summed E-state index contributed by atoms with van der Waals surface area (Å²) in [6.07, 6.45) is 0. The molecule has 0 radical (unpaired) electrons. The molecule has 0 bridgehead atoms. The normalized spacial score (nSPS) is 20.7. The van der Waals surface area contributed by atoms with Crippen LogP contribution in [-0.2, 0) is 9.31 Å². The molecule has 0 aromatic heterocycles. The van der Waals surface area contributed by atoms with Gasteiger partial charge in [0.05, 0.1) is 23.3 Å². The summed E-state index contributed by atoms with van der Waals surface area (Å²) in [7, 11) is 1.12. The molecule has 0 unspecified atom stereocenters. The Morgan fingerprint density at radius 3 is 2.16 bits per heavy atom. The van der Waals surface area contributed by atoms with Gasteiger partial charge in [-0.1, -0.05) is 11.6 Å². The summed E-state index contributed by atoms with van der Waals surface area (Å²) in [5.41, 5.74) is -0.0147. The van der Waals surface area contributed by atoms with Gasteiger partial charge in [0, 0.05) is 9.94 Å². The minimum absolute atomic E-state index is 0.392. The first-order valence-electron chi connectivity index (χ1n) is 6.06. The van der Waals surface area contributed by atoms with Crippen LogP contribution in [0.4, 0.5) is 0 Å². The van der Waals surface area contributed by atoms with E-state index in [4.69, 9.17) is 25.6 Å². The monoisotopic (exact) mass is 346 g/mol. The summed E-state index contributed by atoms with van der Waals surface area (Å²) in [5, 5.41) is 0.583. The van der Waals surface area contributed by atoms with Crippen molar-refractivity contribution in [3.63, 3.8) is 0 Å². The highest BCUT2D eigenvalue weighted by Crippen LogP contribution is 2.38. The van der Waals surface area contributed by atoms with Crippen LogP contribution in [0.5, 0.6) is 5.75 Å². The van der Waals surface area contributed by atoms with E-state index in [1.807, 2.05) is 39.8 Å². The van der Waals surface area contributed by atoms with Crippen molar-refractivity contribution in [3.8, 4) is 5.75 Å². The van der Waals surface area contributed by atoms with Gasteiger partial charge >= 0.3 is 7.12 Å². The summed E-state index contributed by atoms with van der Waals surface area (Å²) in [4.78, 5) is 0. The van der Waals surface area contributed by atoms with Crippen LogP contribution in [0.15, 0.2) is 16.6 Å². The molecule has 0 aliphatic carbocycles. The highest BCUT2D eigenvalue weighted by Gasteiger charge is 2.52. The Kier molecular flexibility index (Phi) is 3.96. The number of benzene rings is 1. The van der Waals surface area contributed by atoms with E-state index in [1.165, 1.54) is 0 Å². The molecule has 1 saturated heterocycles. The molecule has 19 heavy (non-hydrogen) atoms. The molecule has 0 N–H and O–H groups in total. The van der Waals surface area contributed by atoms with E-state index in [0.717, 1.165) is 9.94 Å². The molecule has 6 heteroatoms. The van der Waals surface area contributed by atoms with E-state index in [1.54, 1.807) is 7.11 Å². The molecule has 0 amide bonds. The Balaban J connectivity index is 2.42. The van der Waals surface area contributed by atoms with Gasteiger partial charge < -0.3 is 14.0 Å². The van der Waals surface area contributed by atoms with Crippen LogP contribution < -0.4 is 10.2 Å². The van der Waals surface area contributed by atoms with Crippen molar-refractivity contribution in [1.29, 1.82) is 0 Å². The van der Waals surface area contributed by atoms with Gasteiger partial charge in [0.2, 0.25) is 0 Å². The first kappa shape index (κ1) is 15.2. The summed E-state index contributed by atoms with van der Waals surface area (Å²) in [5.74, 6) is 0.709. The molecule has 1 aromatic carbocycles. The minimum Gasteiger partial charge on any atom is -0.497 e. The fourth-order valence-electron chi connectivity index (χ4n) is 1.84. The molecule has 1 aliphatic rings. The van der Waals surface area contributed by atoms with E-state index in [2.05, 4.69) is 15.9 Å². The number of methoxy groups -OCH3 is 1. The number of hydrogen-bond acceptors (Lipinski definition) is 3. The maximum atomic E-state index is 6.33. The van der Waals surface area contributed by atoms with Crippen molar-refractivity contribution in [3.05, 3.63) is 21.6 Å². The average Bonchev–Trinajstić information content (AvgIpc) is 2.51. The second-order valence-electron chi connectivity index (χ2n) is 5.60. The molecule has 3 nitrogen and oxygen atoms in total. The van der Waals surface area contributed by atoms with E-state index >= 15 is 0 Å². The topological polar surface area (TPSA) is 27.7 Å². The smallest absolute Gasteiger partial charge is 0.496 e. The van der Waals surface area contributed by atoms with Gasteiger partial charge in [-0.2, -0.15) is 0 Å². The SMILES string of the molecule is COc1cc(Br)c(Cl)c(B2OC(C)(C)C(C)(C)O2)c1. The number of hydrogen-bond donors (Lipinski definition) is 0. The van der Waals surface area contributed by atoms with Gasteiger partial charge in [-0.05, 0) is 55.8 Å². The molecule has 1 aromatic rings. The lowest BCUT2D eigenvalue weighted by Gasteiger charge is -2.32. The van der Waals surface area contributed by atoms with Crippen LogP contribution in [-0.4, -0.2) is 25.4 Å². The largest absolute Gasteiger partial charge is 0.497 e. The summed E-state index contributed by atoms with van der Waals surface area (Å²) in [6, 6.07) is 3.66. The fourth-order valence-corrected chi connectivity index (χ4v) is 2.50. The molecular formula is C13H17BBrClO3. The maximum absolute atomic E-state index is 6.33. The minimum atomic E-state index is -0.496. The molecule has 104 valence electrons. The third-order valence-corrected chi connectivity index (χ3v) is 5.05. The summed E-state index contributed by atoms with van der Waals surface area (Å²) >= 11 is 9.74. The number of halogens is 2. The van der Waals surface area contributed by atoms with Crippen molar-refractivity contribution in [2.24, 2.45) is 0 Å². The van der Waals surface area contributed by atoms with Gasteiger partial charge in [-0.3, -0.25) is 0 Å². The van der Waals surface area contributed by atoms with Gasteiger partial charge in [0.15, 0.2) is 0 Å². The van der Waals surface area contributed by atoms with Crippen molar-refractivity contribution >= 4 is 40.1 Å². The lowest BCUT2D eigenvalue weighted by Crippen LogP contribution is -2.41. The van der Waals surface area contributed by atoms with E-state index in [-0.39, 0.29) is 0 Å². The molecule has 0 spiro atoms. The van der Waals surface area contributed by atoms with Crippen LogP contribution in [0.25, 0.3) is 0 Å². The van der Waals surface area contributed by atoms with Crippen LogP contribution in [0.3, 0.4) is 0 Å². The van der Waals surface area contributed by atoms with Crippen LogP contribution in [0.1, 0.15) is 27.7 Å². The van der Waals surface area contributed by atoms with Gasteiger partial charge in [0.25, 0.3) is 0 Å². The first-order chi connectivity index (χ1) is 8.68. The molecule has 1 aliphatic heterocycles. The van der Waals surface area contributed by atoms with Gasteiger partial charge in [-0.25, -0.2) is 0 Å². The Morgan fingerprint density at radius 2 is 1.68 bits per heavy atom. The average molecular weight is 347 g/mol. The summed E-state index contributed by atoms with van der Waals surface area (Å²) < 4.78 is 18.0. The molecular weight excluding hydrogens is 330 g/mol. The van der Waals surface area contributed by atoms with E-state index in [9.17, 15) is 0 Å². The molecule has 0 saturated carbocycles. The zero-order valence-corrected chi connectivity index (χ0v) is 14.1. The lowest BCUT2D eigenvalue weighted by atomic mass is 9.79. The predicted octanol–water partition coefficient (Wildman–Crippen LogP) is 3.41. The Hall–Kier alpha value is -0.225. The van der Waals surface area contributed by atoms with Crippen molar-refractivity contribution in [2.45, 2.75) is 38.9 Å². The third kappa shape index (κ3) is 2.66. The molecule has 1 heterocycles. The van der Waals surface area contributed by atoms with Gasteiger partial charge in [0.1, 0.15) is 5.75 Å². The quantitative estimate of drug-likeness (QED) is 0.768. The Morgan fingerprint density at radius 1 is 1.16 bits per heavy atom. The van der Waals surface area contributed by atoms with Crippen LogP contribution in [0, 0.1) is 0 Å². The van der Waals surface area contributed by atoms with Crippen LogP contribution in [0.2, 0.25) is 5.02 Å². The zero-order chi connectivity index (χ0) is 14.4. The highest BCUT2D eigenvalue weighted by molar-refractivity contribution is 9.10. The molecule has 1 fully saturated rings. The second kappa shape index (κ2) is 4.95. The van der Waals surface area contributed by atoms with Crippen molar-refractivity contribution in [1.82, 2.24) is 0 Å². The predicted molar refractivity (Wildman–Crippen MR) is 81.4 cm³/mol. The van der Waals surface area contributed by atoms with Crippen molar-refractivity contribution < 1.29 is 14.0 Å². The zero-order valence-electron chi connectivity index (χ0n) is 11.7. The standard InChI is InChI=1S/C13H17BBrClO3/c1-12(2)13(3,4)19-14(18-12)9-6-8(17-5)7-10(15)11(9)16/h6-7H,1-5H3. The Bertz CT molecular complexity index is 489. The lowest BCUT2D eigenvalue weighted by molar-refractivity contribution is 0.00578. The fraction of sp³-hybridized carbons (Fsp3) is 0.538. The first-order valence-corrected chi connectivity index (χ1v) is 7.23. The number of ether oxygens (including phenoxy) is 1. The second-order valence-corrected chi connectivity index (χ2v) is 6.83. The van der Waals surface area contributed by atoms with Crippen molar-refractivity contribution in [2.75, 3.05) is 7.11 Å². The maximum Gasteiger partial charge on any atom is 0.496 e. The van der Waals surface area contributed by atoms with Gasteiger partial charge in [-0.15, -0.1) is 0 Å². The van der Waals surface area contributed by atoms with Crippen LogP contribution >= 0.6 is 27.5 Å². The summed E-state index contributed by atoms with van der Waals surface area (Å²) in [6.45, 7) is 8.04. The Labute approximate surface area is 127 Å². The van der Waals surface area contributed by atoms with E-state index in [0.29, 0.717) is 10.8 Å². The highest BCUT2D eigenvalue weighted by atomic mass is 79.9. The van der Waals surface area contributed by atoms with E-state index < -0.39 is 18.3 Å². The molecule has 0 atom stereocenters. The number of rotatable bonds is 2. The molecule has 2 rings (SSSR count).